The quantitative estimate of drug-likeness (QED) is 0.721. The summed E-state index contributed by atoms with van der Waals surface area (Å²) >= 11 is 0. The first-order valence-corrected chi connectivity index (χ1v) is 5.37. The summed E-state index contributed by atoms with van der Waals surface area (Å²) < 4.78 is 13.1. The second-order valence-electron chi connectivity index (χ2n) is 5.31. The number of carbonyl (C=O) groups excluding carboxylic acids is 1. The Morgan fingerprint density at radius 2 is 2.19 bits per heavy atom. The van der Waals surface area contributed by atoms with Crippen LogP contribution in [0.25, 0.3) is 0 Å². The molecule has 1 aliphatic heterocycles. The van der Waals surface area contributed by atoms with Gasteiger partial charge in [-0.3, -0.25) is 4.79 Å². The number of halogens is 1. The summed E-state index contributed by atoms with van der Waals surface area (Å²) in [6.45, 7) is 5.53. The maximum Gasteiger partial charge on any atom is 0.241 e. The van der Waals surface area contributed by atoms with E-state index in [0.717, 1.165) is 0 Å². The lowest BCUT2D eigenvalue weighted by atomic mass is 9.86. The largest absolute Gasteiger partial charge is 0.322 e. The number of carbonyl (C=O) groups is 1. The van der Waals surface area contributed by atoms with Gasteiger partial charge in [-0.25, -0.2) is 4.39 Å². The molecular weight excluding hydrogens is 209 g/mol. The smallest absolute Gasteiger partial charge is 0.241 e. The lowest BCUT2D eigenvalue weighted by Crippen LogP contribution is -2.51. The van der Waals surface area contributed by atoms with Crippen molar-refractivity contribution in [2.45, 2.75) is 45.4 Å². The average molecular weight is 227 g/mol. The summed E-state index contributed by atoms with van der Waals surface area (Å²) in [5.74, 6) is -0.334. The fourth-order valence-electron chi connectivity index (χ4n) is 1.70. The summed E-state index contributed by atoms with van der Waals surface area (Å²) in [5.41, 5.74) is 5.43. The molecule has 0 aromatic carbocycles. The van der Waals surface area contributed by atoms with Crippen LogP contribution in [0.3, 0.4) is 0 Å². The van der Waals surface area contributed by atoms with Crippen LogP contribution in [-0.4, -0.2) is 35.6 Å². The molecule has 4 nitrogen and oxygen atoms in total. The minimum atomic E-state index is -1.11. The Hall–Kier alpha value is -1.15. The van der Waals surface area contributed by atoms with Gasteiger partial charge in [0.15, 0.2) is 0 Å². The van der Waals surface area contributed by atoms with Crippen LogP contribution in [0, 0.1) is 16.7 Å². The van der Waals surface area contributed by atoms with E-state index in [1.165, 1.54) is 4.90 Å². The van der Waals surface area contributed by atoms with Crippen molar-refractivity contribution < 1.29 is 9.18 Å². The second kappa shape index (κ2) is 4.38. The molecule has 1 heterocycles. The van der Waals surface area contributed by atoms with Crippen molar-refractivity contribution >= 4 is 5.91 Å². The average Bonchev–Trinajstić information content (AvgIpc) is 2.55. The van der Waals surface area contributed by atoms with E-state index in [2.05, 4.69) is 0 Å². The molecule has 1 saturated heterocycles. The molecule has 3 atom stereocenters. The van der Waals surface area contributed by atoms with E-state index in [0.29, 0.717) is 0 Å². The van der Waals surface area contributed by atoms with Gasteiger partial charge in [-0.15, -0.1) is 0 Å². The van der Waals surface area contributed by atoms with E-state index >= 15 is 0 Å². The van der Waals surface area contributed by atoms with Gasteiger partial charge >= 0.3 is 0 Å². The molecule has 1 amide bonds. The van der Waals surface area contributed by atoms with Crippen molar-refractivity contribution in [1.82, 2.24) is 4.90 Å². The van der Waals surface area contributed by atoms with Crippen molar-refractivity contribution in [2.75, 3.05) is 6.54 Å². The molecule has 16 heavy (non-hydrogen) atoms. The molecular formula is C11H18FN3O. The first-order chi connectivity index (χ1) is 7.27. The molecule has 0 aromatic heterocycles. The molecule has 5 heteroatoms. The first kappa shape index (κ1) is 12.9. The molecule has 1 rings (SSSR count). The molecule has 90 valence electrons. The third-order valence-corrected chi connectivity index (χ3v) is 2.88. The van der Waals surface area contributed by atoms with E-state index in [1.54, 1.807) is 0 Å². The number of likely N-dealkylation sites (tertiary alicyclic amines) is 1. The highest BCUT2D eigenvalue weighted by Gasteiger charge is 2.40. The fourth-order valence-corrected chi connectivity index (χ4v) is 1.70. The fraction of sp³-hybridized carbons (Fsp3) is 0.818. The summed E-state index contributed by atoms with van der Waals surface area (Å²) in [4.78, 5) is 13.3. The monoisotopic (exact) mass is 227 g/mol. The maximum atomic E-state index is 13.1. The third-order valence-electron chi connectivity index (χ3n) is 2.88. The molecule has 0 spiro atoms. The maximum absolute atomic E-state index is 13.1. The van der Waals surface area contributed by atoms with Crippen molar-refractivity contribution in [3.8, 4) is 6.07 Å². The van der Waals surface area contributed by atoms with Crippen molar-refractivity contribution in [1.29, 1.82) is 5.26 Å². The van der Waals surface area contributed by atoms with E-state index in [-0.39, 0.29) is 24.3 Å². The van der Waals surface area contributed by atoms with Crippen molar-refractivity contribution in [3.05, 3.63) is 0 Å². The highest BCUT2D eigenvalue weighted by atomic mass is 19.1. The number of alkyl halides is 1. The third kappa shape index (κ3) is 2.50. The summed E-state index contributed by atoms with van der Waals surface area (Å²) in [6, 6.07) is 0.570. The van der Waals surface area contributed by atoms with Crippen LogP contribution in [-0.2, 0) is 4.79 Å². The summed E-state index contributed by atoms with van der Waals surface area (Å²) in [5, 5.41) is 8.84. The zero-order valence-electron chi connectivity index (χ0n) is 9.90. The molecule has 0 bridgehead atoms. The van der Waals surface area contributed by atoms with Crippen molar-refractivity contribution in [2.24, 2.45) is 11.1 Å². The van der Waals surface area contributed by atoms with Crippen LogP contribution in [0.5, 0.6) is 0 Å². The number of nitrogens with zero attached hydrogens (tertiary/aromatic N) is 2. The van der Waals surface area contributed by atoms with E-state index in [4.69, 9.17) is 11.0 Å². The normalized spacial score (nSPS) is 27.6. The zero-order chi connectivity index (χ0) is 12.5. The number of nitrogens with two attached hydrogens (primary N) is 1. The van der Waals surface area contributed by atoms with Crippen LogP contribution in [0.4, 0.5) is 4.39 Å². The molecule has 1 fully saturated rings. The van der Waals surface area contributed by atoms with Gasteiger partial charge in [0.2, 0.25) is 5.91 Å². The van der Waals surface area contributed by atoms with Crippen LogP contribution in [0.2, 0.25) is 0 Å². The minimum Gasteiger partial charge on any atom is -0.322 e. The van der Waals surface area contributed by atoms with Gasteiger partial charge in [0.05, 0.1) is 18.7 Å². The van der Waals surface area contributed by atoms with Gasteiger partial charge in [0.1, 0.15) is 12.2 Å². The SMILES string of the molecule is CC(C)(C)[C@H](N)C(=O)N1C[C@H](F)C[C@H]1C#N. The molecule has 2 N–H and O–H groups in total. The Morgan fingerprint density at radius 1 is 1.62 bits per heavy atom. The van der Waals surface area contributed by atoms with Gasteiger partial charge in [0, 0.05) is 6.42 Å². The van der Waals surface area contributed by atoms with Gasteiger partial charge in [-0.2, -0.15) is 5.26 Å². The molecule has 1 aliphatic rings. The standard InChI is InChI=1S/C11H18FN3O/c1-11(2,3)9(14)10(16)15-6-7(12)4-8(15)5-13/h7-9H,4,6,14H2,1-3H3/t7-,8+,9-/m1/s1. The Balaban J connectivity index is 2.79. The molecule has 0 unspecified atom stereocenters. The Morgan fingerprint density at radius 3 is 2.62 bits per heavy atom. The van der Waals surface area contributed by atoms with Gasteiger partial charge in [-0.05, 0) is 5.41 Å². The van der Waals surface area contributed by atoms with E-state index in [1.807, 2.05) is 26.8 Å². The minimum absolute atomic E-state index is 0.0131. The number of rotatable bonds is 1. The lowest BCUT2D eigenvalue weighted by Gasteiger charge is -2.30. The van der Waals surface area contributed by atoms with Crippen LogP contribution >= 0.6 is 0 Å². The topological polar surface area (TPSA) is 70.1 Å². The van der Waals surface area contributed by atoms with E-state index < -0.39 is 18.3 Å². The van der Waals surface area contributed by atoms with E-state index in [9.17, 15) is 9.18 Å². The van der Waals surface area contributed by atoms with Gasteiger partial charge in [0.25, 0.3) is 0 Å². The Labute approximate surface area is 95.2 Å². The molecule has 0 aliphatic carbocycles. The highest BCUT2D eigenvalue weighted by molar-refractivity contribution is 5.83. The highest BCUT2D eigenvalue weighted by Crippen LogP contribution is 2.25. The first-order valence-electron chi connectivity index (χ1n) is 5.37. The van der Waals surface area contributed by atoms with Crippen LogP contribution in [0.15, 0.2) is 0 Å². The number of nitriles is 1. The lowest BCUT2D eigenvalue weighted by molar-refractivity contribution is -0.135. The molecule has 0 aromatic rings. The second-order valence-corrected chi connectivity index (χ2v) is 5.31. The Kier molecular flexibility index (Phi) is 3.54. The van der Waals surface area contributed by atoms with Gasteiger partial charge < -0.3 is 10.6 Å². The zero-order valence-corrected chi connectivity index (χ0v) is 9.90. The van der Waals surface area contributed by atoms with Crippen molar-refractivity contribution in [3.63, 3.8) is 0 Å². The number of amides is 1. The number of hydrogen-bond donors (Lipinski definition) is 1. The summed E-state index contributed by atoms with van der Waals surface area (Å²) in [7, 11) is 0. The van der Waals surface area contributed by atoms with Gasteiger partial charge in [-0.1, -0.05) is 20.8 Å². The predicted octanol–water partition coefficient (Wildman–Crippen LogP) is 0.822. The molecule has 0 saturated carbocycles. The Bertz CT molecular complexity index is 318. The summed E-state index contributed by atoms with van der Waals surface area (Å²) in [6.07, 6.45) is -1.01. The molecule has 0 radical (unpaired) electrons. The predicted molar refractivity (Wildman–Crippen MR) is 58.1 cm³/mol. The number of hydrogen-bond acceptors (Lipinski definition) is 3. The van der Waals surface area contributed by atoms with Crippen LogP contribution in [0.1, 0.15) is 27.2 Å². The van der Waals surface area contributed by atoms with Crippen LogP contribution < -0.4 is 5.73 Å².